The molecule has 3 N–H and O–H groups in total. The van der Waals surface area contributed by atoms with Crippen LogP contribution in [-0.2, 0) is 35.0 Å². The molecule has 224 valence electrons. The molecular weight excluding hydrogens is 572 g/mol. The highest BCUT2D eigenvalue weighted by atomic mass is 32.2. The molecular formula is C29H31NO11S. The van der Waals surface area contributed by atoms with Gasteiger partial charge in [-0.05, 0) is 13.8 Å². The van der Waals surface area contributed by atoms with E-state index >= 15 is 0 Å². The predicted molar refractivity (Wildman–Crippen MR) is 145 cm³/mol. The second kappa shape index (κ2) is 9.93. The van der Waals surface area contributed by atoms with Gasteiger partial charge in [0.1, 0.15) is 23.2 Å². The van der Waals surface area contributed by atoms with Gasteiger partial charge in [0.25, 0.3) is 10.1 Å². The van der Waals surface area contributed by atoms with E-state index in [9.17, 15) is 38.1 Å². The second-order valence-electron chi connectivity index (χ2n) is 11.5. The minimum atomic E-state index is -3.79. The molecule has 2 fully saturated rings. The minimum absolute atomic E-state index is 0.0215. The lowest BCUT2D eigenvalue weighted by molar-refractivity contribution is -0.250. The van der Waals surface area contributed by atoms with Crippen molar-refractivity contribution < 1.29 is 51.8 Å². The average Bonchev–Trinajstić information content (AvgIpc) is 3.75. The van der Waals surface area contributed by atoms with Crippen molar-refractivity contribution >= 4 is 27.5 Å². The fourth-order valence-electron chi connectivity index (χ4n) is 6.44. The van der Waals surface area contributed by atoms with Crippen LogP contribution in [-0.4, -0.2) is 95.5 Å². The number of rotatable bonds is 6. The zero-order valence-electron chi connectivity index (χ0n) is 23.2. The van der Waals surface area contributed by atoms with Crippen LogP contribution < -0.4 is 0 Å². The first-order valence-corrected chi connectivity index (χ1v) is 15.5. The summed E-state index contributed by atoms with van der Waals surface area (Å²) in [5.74, 6) is -3.14. The number of carbonyl (C=O) groups excluding carboxylic acids is 3. The maximum Gasteiger partial charge on any atom is 0.264 e. The first-order valence-electron chi connectivity index (χ1n) is 13.7. The topological polar surface area (TPSA) is 177 Å². The number of Topliss-reactive ketones (excluding diaryl/α,β-unsaturated/α-hetero) is 1. The first-order chi connectivity index (χ1) is 19.7. The number of fused-ring (bicyclic) bond motifs is 3. The number of phenols is 2. The van der Waals surface area contributed by atoms with Gasteiger partial charge < -0.3 is 24.8 Å². The van der Waals surface area contributed by atoms with Crippen molar-refractivity contribution in [2.45, 2.75) is 69.4 Å². The van der Waals surface area contributed by atoms with Gasteiger partial charge in [0.2, 0.25) is 0 Å². The molecule has 0 aromatic heterocycles. The molecule has 2 saturated heterocycles. The molecule has 1 unspecified atom stereocenters. The Morgan fingerprint density at radius 2 is 1.69 bits per heavy atom. The molecule has 2 aliphatic heterocycles. The van der Waals surface area contributed by atoms with Crippen LogP contribution >= 0.6 is 0 Å². The summed E-state index contributed by atoms with van der Waals surface area (Å²) in [7, 11) is -3.79. The standard InChI is InChI=1S/C29H31NO11S/c1-13-28(41-42(3,37)38)18(30-8-9-30)10-20(39-13)40-19-12-29(36,14(2)31)11-17-21(19)27(35)23-22(26(17)34)24(32)15-6-4-5-7-16(15)25(23)33/h4-7,13,18-20,28,34-36H,8-12H2,1-3H3/t13-,18-,19?,20-,28+,29-/m0/s1/i2+2. The van der Waals surface area contributed by atoms with Gasteiger partial charge in [0.05, 0.1) is 29.6 Å². The van der Waals surface area contributed by atoms with Gasteiger partial charge in [-0.3, -0.25) is 23.5 Å². The average molecular weight is 604 g/mol. The van der Waals surface area contributed by atoms with Crippen LogP contribution in [0.4, 0.5) is 0 Å². The fourth-order valence-corrected chi connectivity index (χ4v) is 7.13. The molecule has 2 aromatic carbocycles. The summed E-state index contributed by atoms with van der Waals surface area (Å²) in [6.45, 7) is 4.28. The van der Waals surface area contributed by atoms with E-state index in [2.05, 4.69) is 0 Å². The van der Waals surface area contributed by atoms with E-state index in [0.29, 0.717) is 0 Å². The molecule has 0 bridgehead atoms. The molecule has 2 aliphatic carbocycles. The maximum absolute atomic E-state index is 13.5. The third-order valence-electron chi connectivity index (χ3n) is 8.62. The van der Waals surface area contributed by atoms with Crippen molar-refractivity contribution in [1.82, 2.24) is 4.90 Å². The van der Waals surface area contributed by atoms with Gasteiger partial charge in [-0.15, -0.1) is 0 Å². The number of carbonyl (C=O) groups is 3. The molecule has 2 aromatic rings. The maximum atomic E-state index is 13.5. The lowest BCUT2D eigenvalue weighted by Crippen LogP contribution is -2.53. The molecule has 6 atom stereocenters. The summed E-state index contributed by atoms with van der Waals surface area (Å²) >= 11 is 0. The Hall–Kier alpha value is -3.20. The number of ketones is 3. The van der Waals surface area contributed by atoms with Gasteiger partial charge in [-0.1, -0.05) is 24.3 Å². The second-order valence-corrected chi connectivity index (χ2v) is 13.1. The van der Waals surface area contributed by atoms with E-state index in [-0.39, 0.29) is 46.7 Å². The van der Waals surface area contributed by atoms with Gasteiger partial charge in [-0.25, -0.2) is 0 Å². The Morgan fingerprint density at radius 1 is 1.10 bits per heavy atom. The van der Waals surface area contributed by atoms with E-state index < -0.39 is 81.2 Å². The summed E-state index contributed by atoms with van der Waals surface area (Å²) in [6, 6.07) is 5.67. The highest BCUT2D eigenvalue weighted by Gasteiger charge is 2.50. The molecule has 12 nitrogen and oxygen atoms in total. The number of nitrogens with zero attached hydrogens (tertiary/aromatic N) is 1. The number of benzene rings is 2. The van der Waals surface area contributed by atoms with Crippen LogP contribution in [0.5, 0.6) is 11.5 Å². The lowest BCUT2D eigenvalue weighted by atomic mass is 9.73. The zero-order valence-corrected chi connectivity index (χ0v) is 24.0. The predicted octanol–water partition coefficient (Wildman–Crippen LogP) is 1.36. The molecule has 0 spiro atoms. The van der Waals surface area contributed by atoms with Crippen LogP contribution in [0.3, 0.4) is 0 Å². The molecule has 0 radical (unpaired) electrons. The Labute approximate surface area is 241 Å². The first kappa shape index (κ1) is 28.9. The highest BCUT2D eigenvalue weighted by Crippen LogP contribution is 2.52. The van der Waals surface area contributed by atoms with Crippen molar-refractivity contribution in [3.8, 4) is 11.5 Å². The Bertz CT molecular complexity index is 1630. The van der Waals surface area contributed by atoms with Crippen molar-refractivity contribution in [3.63, 3.8) is 0 Å². The quantitative estimate of drug-likeness (QED) is 0.210. The molecule has 4 aliphatic rings. The third-order valence-corrected chi connectivity index (χ3v) is 9.20. The summed E-state index contributed by atoms with van der Waals surface area (Å²) in [5, 5.41) is 34.3. The largest absolute Gasteiger partial charge is 0.507 e. The SMILES string of the molecule is C[C@@H]1O[C@@H](OC2C[C@](O)(C([14CH3])=O)Cc3c(O)c4c(c(O)c32)C(=O)c2ccccc2C4=O)C[C@H](N2CC2)[C@@H]1OS(C)(=O)=O. The molecule has 13 heteroatoms. The van der Waals surface area contributed by atoms with Gasteiger partial charge >= 0.3 is 0 Å². The monoisotopic (exact) mass is 603 g/mol. The Balaban J connectivity index is 1.42. The molecule has 0 saturated carbocycles. The highest BCUT2D eigenvalue weighted by molar-refractivity contribution is 7.86. The normalized spacial score (nSPS) is 30.8. The minimum Gasteiger partial charge on any atom is -0.507 e. The lowest BCUT2D eigenvalue weighted by Gasteiger charge is -2.43. The van der Waals surface area contributed by atoms with Crippen LogP contribution in [0.15, 0.2) is 24.3 Å². The van der Waals surface area contributed by atoms with Crippen molar-refractivity contribution in [1.29, 1.82) is 0 Å². The van der Waals surface area contributed by atoms with Crippen molar-refractivity contribution in [2.24, 2.45) is 0 Å². The van der Waals surface area contributed by atoms with E-state index in [1.807, 2.05) is 4.90 Å². The summed E-state index contributed by atoms with van der Waals surface area (Å²) in [5.41, 5.74) is -2.76. The van der Waals surface area contributed by atoms with E-state index in [0.717, 1.165) is 19.3 Å². The number of hydrogen-bond acceptors (Lipinski definition) is 12. The zero-order chi connectivity index (χ0) is 30.3. The van der Waals surface area contributed by atoms with Gasteiger partial charge in [-0.2, -0.15) is 8.42 Å². The molecule has 2 heterocycles. The summed E-state index contributed by atoms with van der Waals surface area (Å²) < 4.78 is 41.5. The van der Waals surface area contributed by atoms with E-state index in [1.165, 1.54) is 19.1 Å². The van der Waals surface area contributed by atoms with Crippen molar-refractivity contribution in [3.05, 3.63) is 57.6 Å². The number of phenolic OH excluding ortho intramolecular Hbond substituents is 2. The third kappa shape index (κ3) is 4.74. The van der Waals surface area contributed by atoms with E-state index in [4.69, 9.17) is 13.7 Å². The van der Waals surface area contributed by atoms with Crippen molar-refractivity contribution in [2.75, 3.05) is 19.3 Å². The van der Waals surface area contributed by atoms with Crippen LogP contribution in [0.1, 0.15) is 75.8 Å². The number of aromatic hydroxyl groups is 2. The molecule has 0 amide bonds. The smallest absolute Gasteiger partial charge is 0.264 e. The molecule has 6 rings (SSSR count). The van der Waals surface area contributed by atoms with Gasteiger partial charge in [0.15, 0.2) is 23.6 Å². The fraction of sp³-hybridized carbons (Fsp3) is 0.483. The number of ether oxygens (including phenoxy) is 2. The van der Waals surface area contributed by atoms with Crippen LogP contribution in [0.2, 0.25) is 0 Å². The van der Waals surface area contributed by atoms with Crippen LogP contribution in [0, 0.1) is 0 Å². The Morgan fingerprint density at radius 3 is 2.24 bits per heavy atom. The number of aliphatic hydroxyl groups is 1. The van der Waals surface area contributed by atoms with Gasteiger partial charge in [0, 0.05) is 60.6 Å². The summed E-state index contributed by atoms with van der Waals surface area (Å²) in [6.07, 6.45) is -3.39. The molecule has 42 heavy (non-hydrogen) atoms. The van der Waals surface area contributed by atoms with E-state index in [1.54, 1.807) is 19.1 Å². The van der Waals surface area contributed by atoms with Crippen LogP contribution in [0.25, 0.3) is 0 Å². The Kier molecular flexibility index (Phi) is 6.83. The summed E-state index contributed by atoms with van der Waals surface area (Å²) in [4.78, 5) is 41.6. The number of hydrogen-bond donors (Lipinski definition) is 3.